The maximum atomic E-state index is 10.5. The minimum atomic E-state index is -0.894. The fourth-order valence-electron chi connectivity index (χ4n) is 11.8. The number of hydrogen-bond donors (Lipinski definition) is 0. The third-order valence-corrected chi connectivity index (χ3v) is 16.8. The maximum Gasteiger partial charge on any atom is 0.137 e. The summed E-state index contributed by atoms with van der Waals surface area (Å²) in [6.45, 7) is 25.1. The number of anilines is 4. The smallest absolute Gasteiger partial charge is 0.137 e. The number of benzene rings is 9. The second kappa shape index (κ2) is 20.5. The molecule has 5 heteroatoms. The molecular formula is C80H80N4O. The van der Waals surface area contributed by atoms with E-state index in [0.29, 0.717) is 80.1 Å². The molecule has 9 aromatic carbocycles. The zero-order valence-electron chi connectivity index (χ0n) is 70.5. The molecule has 1 aliphatic carbocycles. The first-order chi connectivity index (χ1) is 48.8. The Morgan fingerprint density at radius 3 is 1.81 bits per heavy atom. The Labute approximate surface area is 532 Å². The van der Waals surface area contributed by atoms with Crippen LogP contribution < -0.4 is 14.5 Å². The van der Waals surface area contributed by atoms with E-state index >= 15 is 0 Å². The molecule has 0 saturated heterocycles. The van der Waals surface area contributed by atoms with Crippen molar-refractivity contribution in [2.75, 3.05) is 16.5 Å². The highest BCUT2D eigenvalue weighted by molar-refractivity contribution is 6.09. The number of nitrogens with zero attached hydrogens (tertiary/aromatic N) is 4. The first-order valence-electron chi connectivity index (χ1n) is 39.0. The summed E-state index contributed by atoms with van der Waals surface area (Å²) in [6.07, 6.45) is 2.84. The van der Waals surface area contributed by atoms with Gasteiger partial charge in [-0.05, 0) is 156 Å². The Balaban J connectivity index is 1.01. The van der Waals surface area contributed by atoms with Gasteiger partial charge in [0.05, 0.1) is 55.5 Å². The normalized spacial score (nSPS) is 18.2. The van der Waals surface area contributed by atoms with Crippen molar-refractivity contribution >= 4 is 44.6 Å². The van der Waals surface area contributed by atoms with Crippen molar-refractivity contribution in [3.05, 3.63) is 240 Å². The van der Waals surface area contributed by atoms with Crippen LogP contribution in [0.3, 0.4) is 0 Å². The van der Waals surface area contributed by atoms with Gasteiger partial charge in [-0.25, -0.2) is 4.98 Å². The van der Waals surface area contributed by atoms with Crippen LogP contribution in [0.4, 0.5) is 22.7 Å². The molecule has 0 unspecified atom stereocenters. The molecule has 426 valence electrons. The monoisotopic (exact) mass is 1130 g/mol. The fourth-order valence-corrected chi connectivity index (χ4v) is 11.8. The average Bonchev–Trinajstić information content (AvgIpc) is 1.31. The van der Waals surface area contributed by atoms with Crippen LogP contribution in [0.1, 0.15) is 158 Å². The Kier molecular flexibility index (Phi) is 8.92. The van der Waals surface area contributed by atoms with Crippen LogP contribution >= 0.6 is 0 Å². The largest absolute Gasteiger partial charge is 0.457 e. The summed E-state index contributed by atoms with van der Waals surface area (Å²) in [4.78, 5) is 8.85. The first-order valence-corrected chi connectivity index (χ1v) is 29.0. The zero-order valence-corrected chi connectivity index (χ0v) is 50.5. The Hall–Kier alpha value is -8.67. The number of para-hydroxylation sites is 3. The first kappa shape index (κ1) is 36.9. The topological polar surface area (TPSA) is 33.5 Å². The van der Waals surface area contributed by atoms with E-state index in [1.807, 2.05) is 120 Å². The summed E-state index contributed by atoms with van der Waals surface area (Å²) in [7, 11) is 0. The van der Waals surface area contributed by atoms with E-state index in [2.05, 4.69) is 13.8 Å². The molecule has 0 N–H and O–H groups in total. The number of aromatic nitrogens is 2. The van der Waals surface area contributed by atoms with Crippen molar-refractivity contribution < 1.29 is 32.2 Å². The number of ether oxygens (including phenoxy) is 1. The van der Waals surface area contributed by atoms with Gasteiger partial charge in [0.25, 0.3) is 0 Å². The van der Waals surface area contributed by atoms with Gasteiger partial charge in [-0.2, -0.15) is 0 Å². The molecule has 2 aromatic heterocycles. The molecule has 2 aliphatic rings. The average molecular weight is 1130 g/mol. The molecule has 85 heavy (non-hydrogen) atoms. The molecule has 5 nitrogen and oxygen atoms in total. The highest BCUT2D eigenvalue weighted by Crippen LogP contribution is 2.54. The van der Waals surface area contributed by atoms with Crippen LogP contribution in [0.5, 0.6) is 11.5 Å². The summed E-state index contributed by atoms with van der Waals surface area (Å²) in [5, 5.41) is 0.652. The van der Waals surface area contributed by atoms with Crippen molar-refractivity contribution in [3.8, 4) is 61.8 Å². The van der Waals surface area contributed by atoms with Crippen molar-refractivity contribution in [1.29, 1.82) is 0 Å². The number of pyridine rings is 1. The van der Waals surface area contributed by atoms with Crippen LogP contribution in [-0.2, 0) is 27.1 Å². The standard InChI is InChI=1S/C80H80N4O/c1-76(2,3)57-26-21-25-55(43-57)52-33-35-54(36-34-52)64-45-58(77(4,5)6)46-65(56-37-40-67-69(44-56)80(12,13)42-41-79(67,10)11)75(64)83-51-82(71-31-19-20-32-72(71)83)59-27-22-28-60(47-59)85-61-38-39-63-62-29-17-18-30-70(62)84(73(63)48-61)74-49-68(78(7,8)9)66(50-81-74)53-23-15-14-16-24-53/h14-40,43-50H,41-42,51H2,1-13H3/i14D,15D,16D,17D,18D,21D,23D,24D,25D,26D,29D,30D,33D,34D,35D,36D,37D,40D,43D,44D. The quantitative estimate of drug-likeness (QED) is 0.144. The predicted molar refractivity (Wildman–Crippen MR) is 360 cm³/mol. The van der Waals surface area contributed by atoms with Gasteiger partial charge in [0.15, 0.2) is 0 Å². The minimum Gasteiger partial charge on any atom is -0.457 e. The van der Waals surface area contributed by atoms with Crippen molar-refractivity contribution in [2.45, 2.75) is 130 Å². The van der Waals surface area contributed by atoms with Gasteiger partial charge in [0, 0.05) is 51.5 Å². The van der Waals surface area contributed by atoms with E-state index in [0.717, 1.165) is 0 Å². The minimum absolute atomic E-state index is 0.00687. The molecule has 0 amide bonds. The lowest BCUT2D eigenvalue weighted by Crippen LogP contribution is -2.33. The molecule has 0 spiro atoms. The van der Waals surface area contributed by atoms with Crippen LogP contribution in [0.2, 0.25) is 0 Å². The summed E-state index contributed by atoms with van der Waals surface area (Å²) in [5.41, 5.74) is 1.77. The molecule has 11 aromatic rings. The molecule has 0 radical (unpaired) electrons. The van der Waals surface area contributed by atoms with Crippen LogP contribution in [0, 0.1) is 0 Å². The maximum absolute atomic E-state index is 10.5. The summed E-state index contributed by atoms with van der Waals surface area (Å²) in [6, 6.07) is 17.2. The number of fused-ring (bicyclic) bond motifs is 5. The summed E-state index contributed by atoms with van der Waals surface area (Å²) < 4.78 is 195. The van der Waals surface area contributed by atoms with E-state index in [9.17, 15) is 15.1 Å². The SMILES string of the molecule is [2H]c1c([2H])c([2H])c(-c2cnc(-n3c4cc(Oc5cccc(N6CN(c7c(-c8c([2H])c([2H])c(-c9c([2H])c([2H])c([2H])c(C(C)(C)C)c9[2H])c([2H])c8[2H])cc(C(C)(C)C)cc7-c7c([2H])c([2H])c8c(c7[2H])C(C)(C)CCC8(C)C)c7ccccc76)c5)ccc4c4c([2H])c([2H])c([2H])c([2H])c43)cc2C(C)(C)C)c([2H])c1[2H]. The third kappa shape index (κ3) is 10.2. The van der Waals surface area contributed by atoms with Gasteiger partial charge in [-0.1, -0.05) is 223 Å². The van der Waals surface area contributed by atoms with Gasteiger partial charge in [0.1, 0.15) is 24.0 Å². The second-order valence-corrected chi connectivity index (χ2v) is 26.8. The molecule has 13 rings (SSSR count). The number of rotatable bonds is 9. The molecule has 3 heterocycles. The lowest BCUT2D eigenvalue weighted by molar-refractivity contribution is 0.332. The van der Waals surface area contributed by atoms with E-state index in [1.165, 1.54) is 6.20 Å². The Morgan fingerprint density at radius 1 is 0.471 bits per heavy atom. The lowest BCUT2D eigenvalue weighted by Gasteiger charge is -2.42. The second-order valence-electron chi connectivity index (χ2n) is 26.8. The van der Waals surface area contributed by atoms with Gasteiger partial charge in [0.2, 0.25) is 0 Å². The van der Waals surface area contributed by atoms with Crippen molar-refractivity contribution in [3.63, 3.8) is 0 Å². The summed E-state index contributed by atoms with van der Waals surface area (Å²) in [5.74, 6) is 0.850. The highest BCUT2D eigenvalue weighted by atomic mass is 16.5. The molecule has 0 bridgehead atoms. The van der Waals surface area contributed by atoms with E-state index in [1.54, 1.807) is 55.7 Å². The van der Waals surface area contributed by atoms with Crippen molar-refractivity contribution in [1.82, 2.24) is 9.55 Å². The van der Waals surface area contributed by atoms with Gasteiger partial charge in [-0.3, -0.25) is 4.57 Å². The van der Waals surface area contributed by atoms with Crippen LogP contribution in [0.15, 0.2) is 212 Å². The van der Waals surface area contributed by atoms with Gasteiger partial charge >= 0.3 is 0 Å². The predicted octanol–water partition coefficient (Wildman–Crippen LogP) is 22.1. The molecule has 1 aliphatic heterocycles. The zero-order chi connectivity index (χ0) is 76.8. The third-order valence-electron chi connectivity index (χ3n) is 16.8. The van der Waals surface area contributed by atoms with Gasteiger partial charge in [-0.15, -0.1) is 0 Å². The molecule has 0 atom stereocenters. The molecule has 0 saturated carbocycles. The fraction of sp³-hybridized carbons (Fsp3) is 0.263. The van der Waals surface area contributed by atoms with Crippen LogP contribution in [0.25, 0.3) is 72.1 Å². The molecule has 0 fully saturated rings. The van der Waals surface area contributed by atoms with Crippen LogP contribution in [-0.4, -0.2) is 16.2 Å². The van der Waals surface area contributed by atoms with E-state index in [-0.39, 0.29) is 116 Å². The van der Waals surface area contributed by atoms with Gasteiger partial charge < -0.3 is 14.5 Å². The summed E-state index contributed by atoms with van der Waals surface area (Å²) >= 11 is 0. The van der Waals surface area contributed by atoms with Crippen molar-refractivity contribution in [2.24, 2.45) is 0 Å². The lowest BCUT2D eigenvalue weighted by atomic mass is 9.63. The Morgan fingerprint density at radius 2 is 1.09 bits per heavy atom. The van der Waals surface area contributed by atoms with E-state index in [4.69, 9.17) is 22.1 Å². The van der Waals surface area contributed by atoms with E-state index < -0.39 is 106 Å². The highest BCUT2D eigenvalue weighted by Gasteiger charge is 2.39. The number of hydrogen-bond acceptors (Lipinski definition) is 4. The Bertz CT molecular complexity index is 5540. The molecular weight excluding hydrogens is 1030 g/mol.